The van der Waals surface area contributed by atoms with Gasteiger partial charge in [-0.2, -0.15) is 0 Å². The second-order valence-electron chi connectivity index (χ2n) is 9.00. The Morgan fingerprint density at radius 1 is 0.654 bits per heavy atom. The Bertz CT molecular complexity index is 730. The van der Waals surface area contributed by atoms with Crippen LogP contribution in [0.1, 0.15) is 43.2 Å². The summed E-state index contributed by atoms with van der Waals surface area (Å²) in [6, 6.07) is 22.7. The fourth-order valence-electron chi connectivity index (χ4n) is 6.69. The van der Waals surface area contributed by atoms with E-state index in [2.05, 4.69) is 84.2 Å². The van der Waals surface area contributed by atoms with Gasteiger partial charge in [-0.1, -0.05) is 60.7 Å². The largest absolute Gasteiger partial charge is 0.133 e. The number of hydrogen-bond donors (Lipinski definition) is 0. The van der Waals surface area contributed by atoms with Crippen molar-refractivity contribution in [1.29, 1.82) is 0 Å². The van der Waals surface area contributed by atoms with E-state index in [1.54, 1.807) is 6.42 Å². The number of rotatable bonds is 2. The fraction of sp³-hybridized carbons (Fsp3) is 0.500. The molecule has 4 bridgehead atoms. The second kappa shape index (κ2) is 5.82. The Labute approximate surface area is 165 Å². The van der Waals surface area contributed by atoms with Crippen molar-refractivity contribution in [2.75, 3.05) is 5.75 Å². The van der Waals surface area contributed by atoms with E-state index in [-0.39, 0.29) is 4.08 Å². The maximum atomic E-state index is 2.37. The van der Waals surface area contributed by atoms with Crippen LogP contribution in [0.2, 0.25) is 0 Å². The molecule has 0 N–H and O–H groups in total. The minimum Gasteiger partial charge on any atom is -0.133 e. The van der Waals surface area contributed by atoms with Crippen molar-refractivity contribution in [3.05, 3.63) is 71.8 Å². The maximum Gasteiger partial charge on any atom is 0.112 e. The fourth-order valence-corrected chi connectivity index (χ4v) is 11.2. The molecule has 1 aliphatic heterocycles. The predicted octanol–water partition coefficient (Wildman–Crippen LogP) is 6.56. The molecule has 0 aromatic heterocycles. The van der Waals surface area contributed by atoms with Gasteiger partial charge in [0, 0.05) is 10.5 Å². The average Bonchev–Trinajstić information content (AvgIpc) is 3.10. The monoisotopic (exact) mass is 378 g/mol. The lowest BCUT2D eigenvalue weighted by Crippen LogP contribution is -2.56. The molecule has 2 aromatic carbocycles. The van der Waals surface area contributed by atoms with Crippen LogP contribution in [-0.4, -0.2) is 10.5 Å². The smallest absolute Gasteiger partial charge is 0.112 e. The van der Waals surface area contributed by atoms with Crippen LogP contribution in [0.15, 0.2) is 60.7 Å². The lowest BCUT2D eigenvalue weighted by Gasteiger charge is -2.60. The van der Waals surface area contributed by atoms with Crippen LogP contribution in [0.3, 0.4) is 0 Å². The summed E-state index contributed by atoms with van der Waals surface area (Å²) < 4.78 is 0.599. The van der Waals surface area contributed by atoms with Gasteiger partial charge in [0.25, 0.3) is 0 Å². The predicted molar refractivity (Wildman–Crippen MR) is 113 cm³/mol. The molecular weight excluding hydrogens is 352 g/mol. The molecule has 26 heavy (non-hydrogen) atoms. The van der Waals surface area contributed by atoms with E-state index in [1.165, 1.54) is 42.6 Å². The van der Waals surface area contributed by atoms with E-state index in [9.17, 15) is 0 Å². The van der Waals surface area contributed by atoms with Crippen molar-refractivity contribution in [2.24, 2.45) is 23.7 Å². The summed E-state index contributed by atoms with van der Waals surface area (Å²) in [6.07, 6.45) is 7.60. The topological polar surface area (TPSA) is 0 Å². The third-order valence-electron chi connectivity index (χ3n) is 7.66. The van der Waals surface area contributed by atoms with Crippen molar-refractivity contribution in [3.63, 3.8) is 0 Å². The second-order valence-corrected chi connectivity index (χ2v) is 12.0. The highest BCUT2D eigenvalue weighted by Crippen LogP contribution is 2.73. The van der Waals surface area contributed by atoms with Crippen LogP contribution >= 0.6 is 23.5 Å². The molecule has 2 heteroatoms. The van der Waals surface area contributed by atoms with E-state index in [1.807, 2.05) is 0 Å². The van der Waals surface area contributed by atoms with Gasteiger partial charge in [-0.15, -0.1) is 23.5 Å². The average molecular weight is 379 g/mol. The molecular formula is C24H26S2. The van der Waals surface area contributed by atoms with E-state index < -0.39 is 0 Å². The van der Waals surface area contributed by atoms with E-state index in [0.29, 0.717) is 4.75 Å². The number of thioether (sulfide) groups is 2. The van der Waals surface area contributed by atoms with Crippen molar-refractivity contribution in [3.8, 4) is 0 Å². The summed E-state index contributed by atoms with van der Waals surface area (Å²) in [5.41, 5.74) is 2.98. The third kappa shape index (κ3) is 2.18. The highest BCUT2D eigenvalue weighted by atomic mass is 32.2. The maximum absolute atomic E-state index is 2.37. The molecule has 5 aliphatic rings. The molecule has 4 saturated carbocycles. The first-order chi connectivity index (χ1) is 12.8. The molecule has 1 spiro atoms. The number of benzene rings is 2. The summed E-state index contributed by atoms with van der Waals surface area (Å²) >= 11 is 4.60. The van der Waals surface area contributed by atoms with Gasteiger partial charge in [-0.05, 0) is 66.9 Å². The normalized spacial score (nSPS) is 39.5. The number of hydrogen-bond acceptors (Lipinski definition) is 2. The molecule has 2 aromatic rings. The van der Waals surface area contributed by atoms with Crippen molar-refractivity contribution < 1.29 is 0 Å². The molecule has 0 unspecified atom stereocenters. The summed E-state index contributed by atoms with van der Waals surface area (Å²) in [5, 5.41) is 0. The quantitative estimate of drug-likeness (QED) is 0.580. The van der Waals surface area contributed by atoms with Gasteiger partial charge in [0.05, 0.1) is 0 Å². The first-order valence-electron chi connectivity index (χ1n) is 10.2. The lowest BCUT2D eigenvalue weighted by molar-refractivity contribution is -0.00731. The van der Waals surface area contributed by atoms with Crippen LogP contribution in [0.5, 0.6) is 0 Å². The van der Waals surface area contributed by atoms with Crippen LogP contribution in [-0.2, 0) is 4.08 Å². The molecule has 134 valence electrons. The molecule has 4 aliphatic carbocycles. The lowest BCUT2D eigenvalue weighted by atomic mass is 9.52. The zero-order valence-electron chi connectivity index (χ0n) is 15.1. The highest BCUT2D eigenvalue weighted by Gasteiger charge is 2.63. The van der Waals surface area contributed by atoms with Gasteiger partial charge in [-0.25, -0.2) is 0 Å². The Hall–Kier alpha value is -0.860. The summed E-state index contributed by atoms with van der Waals surface area (Å²) in [4.78, 5) is 0. The minimum atomic E-state index is 0.0812. The summed E-state index contributed by atoms with van der Waals surface area (Å²) in [6.45, 7) is 0. The summed E-state index contributed by atoms with van der Waals surface area (Å²) in [7, 11) is 0. The minimum absolute atomic E-state index is 0.0812. The standard InChI is InChI=1S/C24H26S2/c1-3-7-19(8-4-1)24(20-9-5-2-6-10-20)25-16-23(26-24)21-12-17-11-18(14-21)15-22(23)13-17/h1-10,17-18,21-22H,11-16H2. The van der Waals surface area contributed by atoms with Crippen LogP contribution < -0.4 is 0 Å². The van der Waals surface area contributed by atoms with E-state index in [4.69, 9.17) is 0 Å². The highest BCUT2D eigenvalue weighted by molar-refractivity contribution is 8.21. The van der Waals surface area contributed by atoms with Crippen LogP contribution in [0.25, 0.3) is 0 Å². The van der Waals surface area contributed by atoms with E-state index in [0.717, 1.165) is 23.7 Å². The van der Waals surface area contributed by atoms with E-state index >= 15 is 0 Å². The van der Waals surface area contributed by atoms with Crippen molar-refractivity contribution >= 4 is 23.5 Å². The first kappa shape index (κ1) is 16.1. The Kier molecular flexibility index (Phi) is 3.61. The summed E-state index contributed by atoms with van der Waals surface area (Å²) in [5.74, 6) is 5.38. The molecule has 0 atom stereocenters. The first-order valence-corrected chi connectivity index (χ1v) is 12.0. The Morgan fingerprint density at radius 3 is 1.65 bits per heavy atom. The zero-order chi connectivity index (χ0) is 17.2. The van der Waals surface area contributed by atoms with Gasteiger partial charge in [0.2, 0.25) is 0 Å². The zero-order valence-corrected chi connectivity index (χ0v) is 16.8. The Balaban J connectivity index is 1.46. The van der Waals surface area contributed by atoms with Gasteiger partial charge in [0.15, 0.2) is 0 Å². The van der Waals surface area contributed by atoms with Crippen LogP contribution in [0.4, 0.5) is 0 Å². The molecule has 1 heterocycles. The molecule has 7 rings (SSSR count). The molecule has 0 nitrogen and oxygen atoms in total. The third-order valence-corrected chi connectivity index (χ3v) is 11.9. The van der Waals surface area contributed by atoms with Crippen LogP contribution in [0, 0.1) is 23.7 Å². The SMILES string of the molecule is c1ccc(C2(c3ccccc3)SCC3(S2)C2CC4CC(C2)CC3C4)cc1. The van der Waals surface area contributed by atoms with Gasteiger partial charge in [-0.3, -0.25) is 0 Å². The van der Waals surface area contributed by atoms with Gasteiger partial charge < -0.3 is 0 Å². The molecule has 0 amide bonds. The Morgan fingerprint density at radius 2 is 1.15 bits per heavy atom. The molecule has 5 fully saturated rings. The van der Waals surface area contributed by atoms with Gasteiger partial charge >= 0.3 is 0 Å². The van der Waals surface area contributed by atoms with Crippen molar-refractivity contribution in [1.82, 2.24) is 0 Å². The molecule has 1 saturated heterocycles. The molecule has 0 radical (unpaired) electrons. The van der Waals surface area contributed by atoms with Gasteiger partial charge in [0.1, 0.15) is 4.08 Å². The van der Waals surface area contributed by atoms with Crippen molar-refractivity contribution in [2.45, 2.75) is 40.9 Å².